The minimum atomic E-state index is 0.103. The van der Waals surface area contributed by atoms with Gasteiger partial charge in [-0.2, -0.15) is 0 Å². The van der Waals surface area contributed by atoms with Gasteiger partial charge in [0.15, 0.2) is 12.0 Å². The molecule has 1 aliphatic heterocycles. The Hall–Kier alpha value is -2.07. The van der Waals surface area contributed by atoms with Gasteiger partial charge in [-0.1, -0.05) is 12.1 Å². The van der Waals surface area contributed by atoms with Crippen LogP contribution in [0.5, 0.6) is 5.75 Å². The third kappa shape index (κ3) is 2.02. The first-order valence-electron chi connectivity index (χ1n) is 5.75. The smallest absolute Gasteiger partial charge is 0.185 e. The van der Waals surface area contributed by atoms with E-state index in [1.165, 1.54) is 0 Å². The van der Waals surface area contributed by atoms with E-state index < -0.39 is 0 Å². The topological polar surface area (TPSA) is 48.7 Å². The molecule has 0 aliphatic carbocycles. The number of carbonyl (C=O) groups excluding carboxylic acids is 1. The molecule has 1 aromatic carbocycles. The van der Waals surface area contributed by atoms with Crippen LogP contribution in [0.1, 0.15) is 10.6 Å². The number of carbonyl (C=O) groups is 1. The van der Waals surface area contributed by atoms with Gasteiger partial charge in [-0.3, -0.25) is 4.79 Å². The van der Waals surface area contributed by atoms with Crippen molar-refractivity contribution in [3.63, 3.8) is 0 Å². The van der Waals surface area contributed by atoms with Crippen LogP contribution in [0.15, 0.2) is 40.8 Å². The molecule has 2 aromatic rings. The van der Waals surface area contributed by atoms with E-state index in [2.05, 4.69) is 0 Å². The number of benzene rings is 1. The Balaban J connectivity index is 1.92. The Morgan fingerprint density at radius 2 is 2.00 bits per heavy atom. The van der Waals surface area contributed by atoms with Crippen LogP contribution in [0.4, 0.5) is 0 Å². The Bertz CT molecular complexity index is 554. The van der Waals surface area contributed by atoms with E-state index in [-0.39, 0.29) is 6.10 Å². The lowest BCUT2D eigenvalue weighted by Gasteiger charge is -2.27. The van der Waals surface area contributed by atoms with Crippen molar-refractivity contribution in [2.24, 2.45) is 0 Å². The maximum absolute atomic E-state index is 10.6. The molecule has 4 nitrogen and oxygen atoms in total. The Labute approximate surface area is 104 Å². The maximum Gasteiger partial charge on any atom is 0.185 e. The molecule has 92 valence electrons. The van der Waals surface area contributed by atoms with Crippen LogP contribution in [-0.2, 0) is 4.74 Å². The van der Waals surface area contributed by atoms with Gasteiger partial charge in [0.05, 0.1) is 18.8 Å². The second kappa shape index (κ2) is 4.66. The number of hydrogen-bond donors (Lipinski definition) is 0. The Morgan fingerprint density at radius 1 is 1.17 bits per heavy atom. The molecule has 2 heterocycles. The van der Waals surface area contributed by atoms with Crippen LogP contribution in [-0.4, -0.2) is 25.6 Å². The van der Waals surface area contributed by atoms with Crippen molar-refractivity contribution in [2.45, 2.75) is 6.10 Å². The molecule has 0 amide bonds. The van der Waals surface area contributed by atoms with Crippen molar-refractivity contribution < 1.29 is 18.7 Å². The van der Waals surface area contributed by atoms with E-state index in [0.29, 0.717) is 31.0 Å². The number of ether oxygens (including phenoxy) is 2. The maximum atomic E-state index is 10.6. The van der Waals surface area contributed by atoms with Crippen molar-refractivity contribution >= 4 is 6.29 Å². The lowest BCUT2D eigenvalue weighted by Crippen LogP contribution is -2.38. The third-order valence-electron chi connectivity index (χ3n) is 2.80. The quantitative estimate of drug-likeness (QED) is 0.775. The standard InChI is InChI=1S/C14H12O4/c15-7-10-5-6-14(17-10)12-3-1-2-4-13(12)18-11-8-16-9-11/h1-7,11H,8-9H2. The van der Waals surface area contributed by atoms with E-state index in [1.807, 2.05) is 24.3 Å². The van der Waals surface area contributed by atoms with Crippen LogP contribution in [0.25, 0.3) is 11.3 Å². The molecule has 1 saturated heterocycles. The Kier molecular flexibility index (Phi) is 2.86. The summed E-state index contributed by atoms with van der Waals surface area (Å²) in [5.41, 5.74) is 0.845. The number of furan rings is 1. The van der Waals surface area contributed by atoms with Gasteiger partial charge in [-0.15, -0.1) is 0 Å². The molecule has 4 heteroatoms. The van der Waals surface area contributed by atoms with Crippen LogP contribution >= 0.6 is 0 Å². The SMILES string of the molecule is O=Cc1ccc(-c2ccccc2OC2COC2)o1. The lowest BCUT2D eigenvalue weighted by atomic mass is 10.1. The Morgan fingerprint density at radius 3 is 2.67 bits per heavy atom. The summed E-state index contributed by atoms with van der Waals surface area (Å²) in [5.74, 6) is 1.69. The van der Waals surface area contributed by atoms with Crippen molar-refractivity contribution in [1.29, 1.82) is 0 Å². The molecule has 1 aromatic heterocycles. The summed E-state index contributed by atoms with van der Waals surface area (Å²) < 4.78 is 16.3. The number of para-hydroxylation sites is 1. The van der Waals surface area contributed by atoms with Gasteiger partial charge >= 0.3 is 0 Å². The van der Waals surface area contributed by atoms with Crippen molar-refractivity contribution in [1.82, 2.24) is 0 Å². The predicted octanol–water partition coefficient (Wildman–Crippen LogP) is 2.54. The molecule has 0 spiro atoms. The van der Waals surface area contributed by atoms with Gasteiger partial charge in [0.25, 0.3) is 0 Å². The first-order valence-corrected chi connectivity index (χ1v) is 5.75. The lowest BCUT2D eigenvalue weighted by molar-refractivity contribution is -0.0794. The van der Waals surface area contributed by atoms with Gasteiger partial charge in [-0.05, 0) is 24.3 Å². The fraction of sp³-hybridized carbons (Fsp3) is 0.214. The highest BCUT2D eigenvalue weighted by molar-refractivity contribution is 5.74. The van der Waals surface area contributed by atoms with E-state index in [9.17, 15) is 4.79 Å². The highest BCUT2D eigenvalue weighted by atomic mass is 16.6. The van der Waals surface area contributed by atoms with Crippen LogP contribution in [0, 0.1) is 0 Å². The van der Waals surface area contributed by atoms with Gasteiger partial charge in [0.1, 0.15) is 17.6 Å². The zero-order valence-corrected chi connectivity index (χ0v) is 9.67. The van der Waals surface area contributed by atoms with Crippen LogP contribution in [0.3, 0.4) is 0 Å². The minimum Gasteiger partial charge on any atom is -0.485 e. The summed E-state index contributed by atoms with van der Waals surface area (Å²) in [5, 5.41) is 0. The molecule has 0 bridgehead atoms. The molecule has 0 radical (unpaired) electrons. The molecule has 0 saturated carbocycles. The van der Waals surface area contributed by atoms with Gasteiger partial charge in [-0.25, -0.2) is 0 Å². The van der Waals surface area contributed by atoms with E-state index in [4.69, 9.17) is 13.9 Å². The molecule has 1 aliphatic rings. The van der Waals surface area contributed by atoms with E-state index in [0.717, 1.165) is 11.3 Å². The zero-order valence-electron chi connectivity index (χ0n) is 9.67. The monoisotopic (exact) mass is 244 g/mol. The molecule has 0 atom stereocenters. The fourth-order valence-corrected chi connectivity index (χ4v) is 1.80. The average Bonchev–Trinajstić information content (AvgIpc) is 2.83. The van der Waals surface area contributed by atoms with Crippen molar-refractivity contribution in [3.8, 4) is 17.1 Å². The molecule has 0 unspecified atom stereocenters. The second-order valence-corrected chi connectivity index (χ2v) is 4.09. The van der Waals surface area contributed by atoms with Gasteiger partial charge in [0, 0.05) is 0 Å². The molecular weight excluding hydrogens is 232 g/mol. The second-order valence-electron chi connectivity index (χ2n) is 4.09. The van der Waals surface area contributed by atoms with Crippen molar-refractivity contribution in [2.75, 3.05) is 13.2 Å². The summed E-state index contributed by atoms with van der Waals surface area (Å²) >= 11 is 0. The fourth-order valence-electron chi connectivity index (χ4n) is 1.80. The number of hydrogen-bond acceptors (Lipinski definition) is 4. The summed E-state index contributed by atoms with van der Waals surface area (Å²) in [6, 6.07) is 11.0. The molecule has 18 heavy (non-hydrogen) atoms. The highest BCUT2D eigenvalue weighted by Gasteiger charge is 2.22. The summed E-state index contributed by atoms with van der Waals surface area (Å²) in [6.45, 7) is 1.23. The largest absolute Gasteiger partial charge is 0.485 e. The van der Waals surface area contributed by atoms with Gasteiger partial charge in [0.2, 0.25) is 0 Å². The summed E-state index contributed by atoms with van der Waals surface area (Å²) in [7, 11) is 0. The molecule has 0 N–H and O–H groups in total. The summed E-state index contributed by atoms with van der Waals surface area (Å²) in [4.78, 5) is 10.6. The van der Waals surface area contributed by atoms with Crippen LogP contribution < -0.4 is 4.74 Å². The van der Waals surface area contributed by atoms with Crippen LogP contribution in [0.2, 0.25) is 0 Å². The summed E-state index contributed by atoms with van der Waals surface area (Å²) in [6.07, 6.45) is 0.791. The first kappa shape index (κ1) is 11.0. The van der Waals surface area contributed by atoms with E-state index >= 15 is 0 Å². The van der Waals surface area contributed by atoms with E-state index in [1.54, 1.807) is 12.1 Å². The minimum absolute atomic E-state index is 0.103. The predicted molar refractivity (Wildman–Crippen MR) is 64.8 cm³/mol. The molecule has 1 fully saturated rings. The highest BCUT2D eigenvalue weighted by Crippen LogP contribution is 2.32. The van der Waals surface area contributed by atoms with Crippen molar-refractivity contribution in [3.05, 3.63) is 42.2 Å². The number of rotatable bonds is 4. The normalized spacial score (nSPS) is 15.1. The third-order valence-corrected chi connectivity index (χ3v) is 2.80. The average molecular weight is 244 g/mol. The molecule has 3 rings (SSSR count). The zero-order chi connectivity index (χ0) is 12.4. The number of aldehydes is 1. The first-order chi connectivity index (χ1) is 8.86. The molecular formula is C14H12O4. The van der Waals surface area contributed by atoms with Gasteiger partial charge < -0.3 is 13.9 Å².